The van der Waals surface area contributed by atoms with Crippen LogP contribution in [0.2, 0.25) is 0 Å². The van der Waals surface area contributed by atoms with Crippen molar-refractivity contribution in [2.75, 3.05) is 0 Å². The van der Waals surface area contributed by atoms with Crippen LogP contribution in [0, 0.1) is 6.92 Å². The van der Waals surface area contributed by atoms with E-state index in [2.05, 4.69) is 4.99 Å². The summed E-state index contributed by atoms with van der Waals surface area (Å²) in [7, 11) is 0. The summed E-state index contributed by atoms with van der Waals surface area (Å²) in [6, 6.07) is 8.28. The van der Waals surface area contributed by atoms with E-state index >= 15 is 0 Å². The fraction of sp³-hybridized carbons (Fsp3) is 0.154. The van der Waals surface area contributed by atoms with Crippen LogP contribution in [0.25, 0.3) is 0 Å². The van der Waals surface area contributed by atoms with E-state index in [-0.39, 0.29) is 5.69 Å². The number of aliphatic imine (C=N–C) groups is 1. The second-order valence-corrected chi connectivity index (χ2v) is 3.75. The van der Waals surface area contributed by atoms with Crippen LogP contribution in [0.1, 0.15) is 17.1 Å². The van der Waals surface area contributed by atoms with Gasteiger partial charge in [0.1, 0.15) is 11.5 Å². The highest BCUT2D eigenvalue weighted by Gasteiger charge is 2.30. The maximum atomic E-state index is 12.5. The van der Waals surface area contributed by atoms with E-state index in [4.69, 9.17) is 4.42 Å². The normalized spacial score (nSPS) is 12.2. The second kappa shape index (κ2) is 4.68. The highest BCUT2D eigenvalue weighted by atomic mass is 19.4. The SMILES string of the molecule is Cc1ccc(/C=N/c2cccc(C(F)(F)F)c2)o1. The van der Waals surface area contributed by atoms with Crippen molar-refractivity contribution in [3.63, 3.8) is 0 Å². The summed E-state index contributed by atoms with van der Waals surface area (Å²) in [4.78, 5) is 3.95. The first kappa shape index (κ1) is 12.4. The third kappa shape index (κ3) is 3.00. The third-order valence-corrected chi connectivity index (χ3v) is 2.28. The summed E-state index contributed by atoms with van der Waals surface area (Å²) in [5.41, 5.74) is -0.480. The van der Waals surface area contributed by atoms with Gasteiger partial charge in [-0.15, -0.1) is 0 Å². The maximum absolute atomic E-state index is 12.5. The van der Waals surface area contributed by atoms with Gasteiger partial charge in [-0.25, -0.2) is 0 Å². The molecule has 0 aliphatic carbocycles. The van der Waals surface area contributed by atoms with Crippen molar-refractivity contribution in [2.45, 2.75) is 13.1 Å². The first-order valence-corrected chi connectivity index (χ1v) is 5.23. The fourth-order valence-electron chi connectivity index (χ4n) is 1.42. The van der Waals surface area contributed by atoms with E-state index in [9.17, 15) is 13.2 Å². The molecule has 1 aromatic carbocycles. The number of aryl methyl sites for hydroxylation is 1. The number of alkyl halides is 3. The molecule has 0 bridgehead atoms. The van der Waals surface area contributed by atoms with Crippen LogP contribution in [-0.2, 0) is 6.18 Å². The minimum absolute atomic E-state index is 0.235. The van der Waals surface area contributed by atoms with Crippen LogP contribution in [0.3, 0.4) is 0 Å². The number of hydrogen-bond acceptors (Lipinski definition) is 2. The van der Waals surface area contributed by atoms with E-state index in [1.54, 1.807) is 19.1 Å². The van der Waals surface area contributed by atoms with Gasteiger partial charge in [0.15, 0.2) is 0 Å². The minimum Gasteiger partial charge on any atom is -0.460 e. The van der Waals surface area contributed by atoms with Crippen LogP contribution in [0.4, 0.5) is 18.9 Å². The summed E-state index contributed by atoms with van der Waals surface area (Å²) in [5, 5.41) is 0. The molecule has 1 aromatic heterocycles. The number of furan rings is 1. The quantitative estimate of drug-likeness (QED) is 0.730. The van der Waals surface area contributed by atoms with Gasteiger partial charge in [-0.2, -0.15) is 13.2 Å². The van der Waals surface area contributed by atoms with E-state index < -0.39 is 11.7 Å². The molecule has 2 aromatic rings. The molecule has 0 radical (unpaired) electrons. The fourth-order valence-corrected chi connectivity index (χ4v) is 1.42. The largest absolute Gasteiger partial charge is 0.460 e. The Morgan fingerprint density at radius 2 is 1.94 bits per heavy atom. The number of nitrogens with zero attached hydrogens (tertiary/aromatic N) is 1. The van der Waals surface area contributed by atoms with Crippen molar-refractivity contribution in [3.8, 4) is 0 Å². The Hall–Kier alpha value is -2.04. The Kier molecular flexibility index (Phi) is 3.23. The third-order valence-electron chi connectivity index (χ3n) is 2.28. The topological polar surface area (TPSA) is 25.5 Å². The highest BCUT2D eigenvalue weighted by Crippen LogP contribution is 2.31. The van der Waals surface area contributed by atoms with Crippen molar-refractivity contribution in [2.24, 2.45) is 4.99 Å². The van der Waals surface area contributed by atoms with Crippen LogP contribution < -0.4 is 0 Å². The molecule has 0 N–H and O–H groups in total. The van der Waals surface area contributed by atoms with Crippen molar-refractivity contribution in [3.05, 3.63) is 53.5 Å². The molecule has 0 atom stereocenters. The summed E-state index contributed by atoms with van der Waals surface area (Å²) < 4.78 is 42.6. The lowest BCUT2D eigenvalue weighted by Crippen LogP contribution is -2.03. The smallest absolute Gasteiger partial charge is 0.416 e. The Morgan fingerprint density at radius 3 is 2.56 bits per heavy atom. The molecule has 18 heavy (non-hydrogen) atoms. The molecule has 0 aliphatic heterocycles. The summed E-state index contributed by atoms with van der Waals surface area (Å²) >= 11 is 0. The monoisotopic (exact) mass is 253 g/mol. The van der Waals surface area contributed by atoms with E-state index in [1.807, 2.05) is 0 Å². The predicted octanol–water partition coefficient (Wildman–Crippen LogP) is 4.36. The maximum Gasteiger partial charge on any atom is 0.416 e. The van der Waals surface area contributed by atoms with Crippen molar-refractivity contribution >= 4 is 11.9 Å². The van der Waals surface area contributed by atoms with Gasteiger partial charge in [0.05, 0.1) is 17.5 Å². The molecule has 0 amide bonds. The van der Waals surface area contributed by atoms with Gasteiger partial charge in [-0.1, -0.05) is 6.07 Å². The molecule has 0 unspecified atom stereocenters. The average molecular weight is 253 g/mol. The van der Waals surface area contributed by atoms with E-state index in [1.165, 1.54) is 18.3 Å². The number of halogens is 3. The molecule has 0 saturated heterocycles. The van der Waals surface area contributed by atoms with Gasteiger partial charge >= 0.3 is 6.18 Å². The van der Waals surface area contributed by atoms with Gasteiger partial charge < -0.3 is 4.42 Å². The van der Waals surface area contributed by atoms with Gasteiger partial charge in [0.25, 0.3) is 0 Å². The Bertz CT molecular complexity index is 570. The Labute approximate surface area is 102 Å². The zero-order valence-electron chi connectivity index (χ0n) is 9.53. The zero-order chi connectivity index (χ0) is 13.2. The van der Waals surface area contributed by atoms with Crippen molar-refractivity contribution in [1.82, 2.24) is 0 Å². The molecule has 94 valence electrons. The van der Waals surface area contributed by atoms with Crippen LogP contribution in [-0.4, -0.2) is 6.21 Å². The standard InChI is InChI=1S/C13H10F3NO/c1-9-5-6-12(18-9)8-17-11-4-2-3-10(7-11)13(14,15)16/h2-8H,1H3/b17-8+. The first-order valence-electron chi connectivity index (χ1n) is 5.23. The van der Waals surface area contributed by atoms with Crippen LogP contribution in [0.15, 0.2) is 45.8 Å². The highest BCUT2D eigenvalue weighted by molar-refractivity contribution is 5.78. The van der Waals surface area contributed by atoms with Gasteiger partial charge in [0.2, 0.25) is 0 Å². The molecule has 2 nitrogen and oxygen atoms in total. The number of benzene rings is 1. The Balaban J connectivity index is 2.22. The van der Waals surface area contributed by atoms with Crippen LogP contribution in [0.5, 0.6) is 0 Å². The minimum atomic E-state index is -4.35. The molecular weight excluding hydrogens is 243 g/mol. The van der Waals surface area contributed by atoms with E-state index in [0.717, 1.165) is 17.9 Å². The summed E-state index contributed by atoms with van der Waals surface area (Å²) in [6.45, 7) is 1.78. The number of rotatable bonds is 2. The average Bonchev–Trinajstić information content (AvgIpc) is 2.72. The molecular formula is C13H10F3NO. The van der Waals surface area contributed by atoms with Gasteiger partial charge in [-0.05, 0) is 37.3 Å². The van der Waals surface area contributed by atoms with Crippen molar-refractivity contribution < 1.29 is 17.6 Å². The first-order chi connectivity index (χ1) is 8.45. The molecule has 5 heteroatoms. The molecule has 2 rings (SSSR count). The lowest BCUT2D eigenvalue weighted by Gasteiger charge is -2.06. The predicted molar refractivity (Wildman–Crippen MR) is 62.1 cm³/mol. The lowest BCUT2D eigenvalue weighted by molar-refractivity contribution is -0.137. The lowest BCUT2D eigenvalue weighted by atomic mass is 10.2. The zero-order valence-corrected chi connectivity index (χ0v) is 9.53. The van der Waals surface area contributed by atoms with Crippen LogP contribution >= 0.6 is 0 Å². The molecule has 0 saturated carbocycles. The van der Waals surface area contributed by atoms with E-state index in [0.29, 0.717) is 5.76 Å². The molecule has 0 fully saturated rings. The molecule has 1 heterocycles. The van der Waals surface area contributed by atoms with Crippen molar-refractivity contribution in [1.29, 1.82) is 0 Å². The molecule has 0 spiro atoms. The Morgan fingerprint density at radius 1 is 1.17 bits per heavy atom. The number of hydrogen-bond donors (Lipinski definition) is 0. The van der Waals surface area contributed by atoms with Gasteiger partial charge in [0, 0.05) is 0 Å². The molecule has 0 aliphatic rings. The second-order valence-electron chi connectivity index (χ2n) is 3.75. The van der Waals surface area contributed by atoms with Gasteiger partial charge in [-0.3, -0.25) is 4.99 Å². The summed E-state index contributed by atoms with van der Waals surface area (Å²) in [6.07, 6.45) is -2.96. The summed E-state index contributed by atoms with van der Waals surface area (Å²) in [5.74, 6) is 1.23.